The molecule has 2 rings (SSSR count). The summed E-state index contributed by atoms with van der Waals surface area (Å²) in [5, 5.41) is 0. The molecule has 0 aromatic heterocycles. The van der Waals surface area contributed by atoms with Gasteiger partial charge in [0, 0.05) is 0 Å². The van der Waals surface area contributed by atoms with Crippen LogP contribution >= 0.6 is 0 Å². The Bertz CT molecular complexity index is 611. The van der Waals surface area contributed by atoms with Crippen molar-refractivity contribution in [1.29, 1.82) is 0 Å². The highest BCUT2D eigenvalue weighted by atomic mass is 19.2. The molecule has 0 nitrogen and oxygen atoms in total. The first-order valence-corrected chi connectivity index (χ1v) is 7.23. The van der Waals surface area contributed by atoms with E-state index < -0.39 is 33.7 Å². The summed E-state index contributed by atoms with van der Waals surface area (Å²) in [7, 11) is 0. The van der Waals surface area contributed by atoms with E-state index >= 15 is 4.39 Å². The Morgan fingerprint density at radius 1 is 0.857 bits per heavy atom. The van der Waals surface area contributed by atoms with Gasteiger partial charge in [-0.05, 0) is 28.9 Å². The van der Waals surface area contributed by atoms with Crippen molar-refractivity contribution in [3.05, 3.63) is 40.5 Å². The van der Waals surface area contributed by atoms with Crippen LogP contribution in [0.1, 0.15) is 58.2 Å². The quantitative estimate of drug-likeness (QED) is 0.544. The topological polar surface area (TPSA) is 0 Å². The molecule has 0 spiro atoms. The summed E-state index contributed by atoms with van der Waals surface area (Å²) in [6.45, 7) is 12.8. The molecule has 0 saturated carbocycles. The number of benzene rings is 1. The van der Waals surface area contributed by atoms with Gasteiger partial charge in [0.15, 0.2) is 5.83 Å². The standard InChI is InChI=1S/C18H23F3/c1-10-8-9-11-12(13(10)19)14(20)15(21)18(11,16(2,3)4)17(5,6)7/h8-9H,1-7H3. The lowest BCUT2D eigenvalue weighted by Gasteiger charge is -2.51. The molecule has 1 aliphatic rings. The van der Waals surface area contributed by atoms with Gasteiger partial charge in [0.05, 0.1) is 11.0 Å². The monoisotopic (exact) mass is 296 g/mol. The van der Waals surface area contributed by atoms with Gasteiger partial charge in [-0.2, -0.15) is 0 Å². The highest BCUT2D eigenvalue weighted by Gasteiger charge is 2.61. The number of aryl methyl sites for hydroxylation is 1. The van der Waals surface area contributed by atoms with E-state index in [1.165, 1.54) is 0 Å². The average Bonchev–Trinajstić information content (AvgIpc) is 2.53. The molecule has 0 bridgehead atoms. The fourth-order valence-corrected chi connectivity index (χ4v) is 4.19. The van der Waals surface area contributed by atoms with Gasteiger partial charge in [-0.15, -0.1) is 0 Å². The molecular weight excluding hydrogens is 273 g/mol. The molecule has 116 valence electrons. The zero-order chi connectivity index (χ0) is 16.4. The van der Waals surface area contributed by atoms with E-state index in [0.717, 1.165) is 0 Å². The SMILES string of the molecule is Cc1ccc2c(c1F)C(F)=C(F)C2(C(C)(C)C)C(C)(C)C. The van der Waals surface area contributed by atoms with Gasteiger partial charge in [-0.3, -0.25) is 0 Å². The second-order valence-electron chi connectivity index (χ2n) is 8.00. The van der Waals surface area contributed by atoms with Gasteiger partial charge in [0.2, 0.25) is 0 Å². The molecule has 1 aromatic rings. The number of allylic oxidation sites excluding steroid dienone is 1. The van der Waals surface area contributed by atoms with Gasteiger partial charge in [-0.1, -0.05) is 53.7 Å². The van der Waals surface area contributed by atoms with E-state index in [4.69, 9.17) is 0 Å². The van der Waals surface area contributed by atoms with E-state index in [9.17, 15) is 8.78 Å². The van der Waals surface area contributed by atoms with Crippen molar-refractivity contribution < 1.29 is 13.2 Å². The number of hydrogen-bond donors (Lipinski definition) is 0. The first-order valence-electron chi connectivity index (χ1n) is 7.23. The largest absolute Gasteiger partial charge is 0.208 e. The van der Waals surface area contributed by atoms with Crippen LogP contribution in [-0.4, -0.2) is 0 Å². The Balaban J connectivity index is 3.00. The van der Waals surface area contributed by atoms with Crippen molar-refractivity contribution in [2.75, 3.05) is 0 Å². The van der Waals surface area contributed by atoms with E-state index in [0.29, 0.717) is 11.1 Å². The molecule has 3 heteroatoms. The minimum absolute atomic E-state index is 0.197. The minimum atomic E-state index is -1.19. The Labute approximate surface area is 125 Å². The summed E-state index contributed by atoms with van der Waals surface area (Å²) >= 11 is 0. The summed E-state index contributed by atoms with van der Waals surface area (Å²) in [5.41, 5.74) is -1.83. The van der Waals surface area contributed by atoms with E-state index in [1.807, 2.05) is 41.5 Å². The second kappa shape index (κ2) is 4.37. The fourth-order valence-electron chi connectivity index (χ4n) is 4.19. The van der Waals surface area contributed by atoms with Crippen LogP contribution in [0.25, 0.3) is 5.83 Å². The maximum atomic E-state index is 15.1. The lowest BCUT2D eigenvalue weighted by Crippen LogP contribution is -2.50. The third kappa shape index (κ3) is 1.82. The number of halogens is 3. The summed E-state index contributed by atoms with van der Waals surface area (Å²) in [6, 6.07) is 3.28. The van der Waals surface area contributed by atoms with Gasteiger partial charge in [0.1, 0.15) is 11.6 Å². The van der Waals surface area contributed by atoms with Gasteiger partial charge in [-0.25, -0.2) is 13.2 Å². The summed E-state index contributed by atoms with van der Waals surface area (Å²) in [5.74, 6) is -2.55. The molecule has 0 saturated heterocycles. The first-order chi connectivity index (χ1) is 9.37. The molecule has 0 radical (unpaired) electrons. The molecular formula is C18H23F3. The molecule has 0 aliphatic heterocycles. The molecule has 0 amide bonds. The first kappa shape index (κ1) is 16.1. The van der Waals surface area contributed by atoms with Crippen LogP contribution in [0, 0.1) is 23.6 Å². The van der Waals surface area contributed by atoms with Crippen molar-refractivity contribution in [2.45, 2.75) is 53.9 Å². The van der Waals surface area contributed by atoms with Gasteiger partial charge in [0.25, 0.3) is 0 Å². The third-order valence-electron chi connectivity index (χ3n) is 4.73. The van der Waals surface area contributed by atoms with Crippen LogP contribution in [0.4, 0.5) is 13.2 Å². The third-order valence-corrected chi connectivity index (χ3v) is 4.73. The Morgan fingerprint density at radius 2 is 1.33 bits per heavy atom. The fraction of sp³-hybridized carbons (Fsp3) is 0.556. The lowest BCUT2D eigenvalue weighted by atomic mass is 9.51. The molecule has 0 fully saturated rings. The van der Waals surface area contributed by atoms with E-state index in [2.05, 4.69) is 0 Å². The zero-order valence-corrected chi connectivity index (χ0v) is 13.8. The van der Waals surface area contributed by atoms with Crippen molar-refractivity contribution in [3.63, 3.8) is 0 Å². The van der Waals surface area contributed by atoms with Crippen LogP contribution in [0.3, 0.4) is 0 Å². The highest BCUT2D eigenvalue weighted by molar-refractivity contribution is 5.76. The van der Waals surface area contributed by atoms with E-state index in [1.54, 1.807) is 19.1 Å². The maximum Gasteiger partial charge on any atom is 0.166 e. The van der Waals surface area contributed by atoms with Crippen LogP contribution in [0.5, 0.6) is 0 Å². The molecule has 0 unspecified atom stereocenters. The molecule has 0 heterocycles. The number of fused-ring (bicyclic) bond motifs is 1. The van der Waals surface area contributed by atoms with Gasteiger partial charge >= 0.3 is 0 Å². The second-order valence-corrected chi connectivity index (χ2v) is 8.00. The summed E-state index contributed by atoms with van der Waals surface area (Å²) < 4.78 is 44.0. The molecule has 1 aliphatic carbocycles. The Hall–Kier alpha value is -1.25. The van der Waals surface area contributed by atoms with Crippen LogP contribution in [-0.2, 0) is 5.41 Å². The summed E-state index contributed by atoms with van der Waals surface area (Å²) in [6.07, 6.45) is 0. The van der Waals surface area contributed by atoms with Crippen molar-refractivity contribution in [3.8, 4) is 0 Å². The molecule has 21 heavy (non-hydrogen) atoms. The van der Waals surface area contributed by atoms with Crippen LogP contribution in [0.15, 0.2) is 18.0 Å². The summed E-state index contributed by atoms with van der Waals surface area (Å²) in [4.78, 5) is 0. The van der Waals surface area contributed by atoms with Crippen LogP contribution in [0.2, 0.25) is 0 Å². The van der Waals surface area contributed by atoms with Crippen molar-refractivity contribution in [2.24, 2.45) is 10.8 Å². The van der Waals surface area contributed by atoms with Crippen LogP contribution < -0.4 is 0 Å². The molecule has 1 aromatic carbocycles. The Kier molecular flexibility index (Phi) is 3.36. The predicted molar refractivity (Wildman–Crippen MR) is 80.9 cm³/mol. The highest BCUT2D eigenvalue weighted by Crippen LogP contribution is 2.64. The zero-order valence-electron chi connectivity index (χ0n) is 13.8. The smallest absolute Gasteiger partial charge is 0.166 e. The minimum Gasteiger partial charge on any atom is -0.208 e. The number of hydrogen-bond acceptors (Lipinski definition) is 0. The predicted octanol–water partition coefficient (Wildman–Crippen LogP) is 6.09. The maximum absolute atomic E-state index is 15.1. The molecule has 0 N–H and O–H groups in total. The lowest BCUT2D eigenvalue weighted by molar-refractivity contribution is 0.0680. The molecule has 0 atom stereocenters. The van der Waals surface area contributed by atoms with Gasteiger partial charge < -0.3 is 0 Å². The van der Waals surface area contributed by atoms with Crippen molar-refractivity contribution >= 4 is 5.83 Å². The van der Waals surface area contributed by atoms with Crippen molar-refractivity contribution in [1.82, 2.24) is 0 Å². The number of rotatable bonds is 0. The normalized spacial score (nSPS) is 18.2. The Morgan fingerprint density at radius 3 is 1.76 bits per heavy atom. The average molecular weight is 296 g/mol. The van der Waals surface area contributed by atoms with E-state index in [-0.39, 0.29) is 5.56 Å².